The van der Waals surface area contributed by atoms with E-state index in [4.69, 9.17) is 18.9 Å². The monoisotopic (exact) mass is 533 g/mol. The maximum Gasteiger partial charge on any atom is 0.250 e. The minimum atomic E-state index is -0.314. The molecular weight excluding hydrogens is 506 g/mol. The summed E-state index contributed by atoms with van der Waals surface area (Å²) in [6, 6.07) is 20.7. The van der Waals surface area contributed by atoms with Gasteiger partial charge in [-0.2, -0.15) is 5.10 Å². The number of carbonyl (C=O) groups excluding carboxylic acids is 1. The molecule has 4 rings (SSSR count). The fraction of sp³-hybridized carbons (Fsp3) is 0.185. The molecule has 1 aromatic heterocycles. The molecule has 1 N–H and O–H groups in total. The molecule has 4 aromatic rings. The number of rotatable bonds is 11. The van der Waals surface area contributed by atoms with Gasteiger partial charge >= 0.3 is 0 Å². The molecule has 1 heterocycles. The van der Waals surface area contributed by atoms with Crippen LogP contribution in [0.3, 0.4) is 0 Å². The van der Waals surface area contributed by atoms with Crippen LogP contribution in [0, 0.1) is 0 Å². The van der Waals surface area contributed by atoms with E-state index < -0.39 is 0 Å². The Bertz CT molecular complexity index is 1380. The van der Waals surface area contributed by atoms with Gasteiger partial charge in [-0.05, 0) is 36.4 Å². The van der Waals surface area contributed by atoms with E-state index in [9.17, 15) is 4.79 Å². The largest absolute Gasteiger partial charge is 0.497 e. The number of benzene rings is 3. The lowest BCUT2D eigenvalue weighted by Crippen LogP contribution is -2.20. The molecule has 0 aliphatic carbocycles. The molecule has 0 saturated carbocycles. The first-order valence-corrected chi connectivity index (χ1v) is 12.5. The third-order valence-corrected chi connectivity index (χ3v) is 6.39. The number of ether oxygens (including phenoxy) is 4. The molecule has 0 radical (unpaired) electrons. The van der Waals surface area contributed by atoms with Crippen molar-refractivity contribution in [2.75, 3.05) is 34.2 Å². The summed E-state index contributed by atoms with van der Waals surface area (Å²) in [5.41, 5.74) is 4.85. The number of amides is 1. The predicted molar refractivity (Wildman–Crippen MR) is 146 cm³/mol. The molecule has 0 unspecified atom stereocenters. The number of thioether (sulfide) groups is 1. The van der Waals surface area contributed by atoms with E-state index in [1.807, 2.05) is 59.2 Å². The number of hydrogen-bond donors (Lipinski definition) is 1. The molecule has 0 atom stereocenters. The molecule has 0 spiro atoms. The van der Waals surface area contributed by atoms with E-state index in [1.165, 1.54) is 32.2 Å². The van der Waals surface area contributed by atoms with Gasteiger partial charge < -0.3 is 18.9 Å². The zero-order valence-corrected chi connectivity index (χ0v) is 22.2. The first kappa shape index (κ1) is 26.6. The number of carbonyl (C=O) groups is 1. The summed E-state index contributed by atoms with van der Waals surface area (Å²) in [5, 5.41) is 13.4. The average Bonchev–Trinajstić information content (AvgIpc) is 3.40. The van der Waals surface area contributed by atoms with Crippen LogP contribution < -0.4 is 24.4 Å². The third-order valence-electron chi connectivity index (χ3n) is 5.46. The van der Waals surface area contributed by atoms with Crippen LogP contribution in [0.1, 0.15) is 5.56 Å². The van der Waals surface area contributed by atoms with Gasteiger partial charge in [0.05, 0.1) is 46.0 Å². The number of nitrogens with zero attached hydrogens (tertiary/aromatic N) is 4. The second kappa shape index (κ2) is 12.6. The summed E-state index contributed by atoms with van der Waals surface area (Å²) in [5.74, 6) is 2.72. The number of aromatic nitrogens is 3. The second-order valence-electron chi connectivity index (χ2n) is 7.73. The molecule has 11 heteroatoms. The summed E-state index contributed by atoms with van der Waals surface area (Å²) in [6.07, 6.45) is 1.47. The lowest BCUT2D eigenvalue weighted by Gasteiger charge is -2.12. The fourth-order valence-corrected chi connectivity index (χ4v) is 4.34. The Hall–Kier alpha value is -4.51. The summed E-state index contributed by atoms with van der Waals surface area (Å²) in [7, 11) is 6.24. The molecule has 0 aliphatic heterocycles. The molecule has 0 fully saturated rings. The number of para-hydroxylation sites is 1. The lowest BCUT2D eigenvalue weighted by molar-refractivity contribution is -0.118. The van der Waals surface area contributed by atoms with Gasteiger partial charge in [0.15, 0.2) is 11.0 Å². The average molecular weight is 534 g/mol. The maximum atomic E-state index is 12.6. The number of hydrogen-bond acceptors (Lipinski definition) is 9. The Morgan fingerprint density at radius 3 is 2.16 bits per heavy atom. The standard InChI is InChI=1S/C27H27N5O5S/c1-34-20-12-10-18(11-13-20)26-30-31-27(32(26)19-8-6-5-7-9-19)38-17-25(33)29-28-16-22-23(36-3)14-21(35-2)15-24(22)37-4/h5-16H,17H2,1-4H3,(H,29,33)/b28-16+. The normalized spacial score (nSPS) is 10.8. The Balaban J connectivity index is 1.50. The van der Waals surface area contributed by atoms with Crippen LogP contribution in [0.25, 0.3) is 17.1 Å². The van der Waals surface area contributed by atoms with E-state index in [2.05, 4.69) is 20.7 Å². The zero-order chi connectivity index (χ0) is 26.9. The van der Waals surface area contributed by atoms with E-state index in [-0.39, 0.29) is 11.7 Å². The summed E-state index contributed by atoms with van der Waals surface area (Å²) in [4.78, 5) is 12.6. The van der Waals surface area contributed by atoms with Gasteiger partial charge in [-0.1, -0.05) is 30.0 Å². The lowest BCUT2D eigenvalue weighted by atomic mass is 10.2. The summed E-state index contributed by atoms with van der Waals surface area (Å²) in [6.45, 7) is 0. The van der Waals surface area contributed by atoms with E-state index >= 15 is 0 Å². The fourth-order valence-electron chi connectivity index (χ4n) is 3.59. The van der Waals surface area contributed by atoms with Crippen molar-refractivity contribution in [1.29, 1.82) is 0 Å². The first-order valence-electron chi connectivity index (χ1n) is 11.5. The van der Waals surface area contributed by atoms with Crippen LogP contribution in [0.5, 0.6) is 23.0 Å². The Kier molecular flexibility index (Phi) is 8.83. The SMILES string of the molecule is COc1ccc(-c2nnc(SCC(=O)N/N=C/c3c(OC)cc(OC)cc3OC)n2-c2ccccc2)cc1. The van der Waals surface area contributed by atoms with E-state index in [0.29, 0.717) is 33.8 Å². The van der Waals surface area contributed by atoms with Crippen LogP contribution in [0.2, 0.25) is 0 Å². The van der Waals surface area contributed by atoms with Crippen molar-refractivity contribution in [3.05, 3.63) is 72.3 Å². The quantitative estimate of drug-likeness (QED) is 0.174. The maximum absolute atomic E-state index is 12.6. The highest BCUT2D eigenvalue weighted by molar-refractivity contribution is 7.99. The summed E-state index contributed by atoms with van der Waals surface area (Å²) < 4.78 is 23.2. The predicted octanol–water partition coefficient (Wildman–Crippen LogP) is 4.21. The molecule has 38 heavy (non-hydrogen) atoms. The van der Waals surface area contributed by atoms with Crippen LogP contribution in [0.4, 0.5) is 0 Å². The van der Waals surface area contributed by atoms with Crippen LogP contribution in [-0.2, 0) is 4.79 Å². The van der Waals surface area contributed by atoms with Crippen molar-refractivity contribution in [1.82, 2.24) is 20.2 Å². The molecule has 196 valence electrons. The number of hydrazone groups is 1. The van der Waals surface area contributed by atoms with E-state index in [0.717, 1.165) is 17.0 Å². The molecule has 3 aromatic carbocycles. The smallest absolute Gasteiger partial charge is 0.250 e. The Morgan fingerprint density at radius 1 is 0.895 bits per heavy atom. The Morgan fingerprint density at radius 2 is 1.55 bits per heavy atom. The minimum Gasteiger partial charge on any atom is -0.497 e. The van der Waals surface area contributed by atoms with E-state index in [1.54, 1.807) is 26.4 Å². The molecule has 10 nitrogen and oxygen atoms in total. The minimum absolute atomic E-state index is 0.0712. The molecular formula is C27H27N5O5S. The Labute approximate surface area is 224 Å². The molecule has 0 bridgehead atoms. The van der Waals surface area contributed by atoms with Gasteiger partial charge in [-0.3, -0.25) is 9.36 Å². The van der Waals surface area contributed by atoms with Gasteiger partial charge in [0, 0.05) is 23.4 Å². The van der Waals surface area contributed by atoms with Crippen molar-refractivity contribution in [2.45, 2.75) is 5.16 Å². The van der Waals surface area contributed by atoms with Crippen LogP contribution in [-0.4, -0.2) is 61.1 Å². The molecule has 0 saturated heterocycles. The topological polar surface area (TPSA) is 109 Å². The third kappa shape index (κ3) is 6.06. The van der Waals surface area contributed by atoms with Gasteiger partial charge in [-0.15, -0.1) is 10.2 Å². The summed E-state index contributed by atoms with van der Waals surface area (Å²) >= 11 is 1.25. The highest BCUT2D eigenvalue weighted by Gasteiger charge is 2.17. The number of nitrogens with one attached hydrogen (secondary N) is 1. The van der Waals surface area contributed by atoms with Crippen LogP contribution >= 0.6 is 11.8 Å². The van der Waals surface area contributed by atoms with Crippen LogP contribution in [0.15, 0.2) is 77.0 Å². The van der Waals surface area contributed by atoms with Crippen molar-refractivity contribution in [2.24, 2.45) is 5.10 Å². The van der Waals surface area contributed by atoms with Gasteiger partial charge in [0.2, 0.25) is 0 Å². The van der Waals surface area contributed by atoms with Crippen molar-refractivity contribution < 1.29 is 23.7 Å². The highest BCUT2D eigenvalue weighted by Crippen LogP contribution is 2.33. The highest BCUT2D eigenvalue weighted by atomic mass is 32.2. The molecule has 0 aliphatic rings. The zero-order valence-electron chi connectivity index (χ0n) is 21.4. The van der Waals surface area contributed by atoms with Crippen molar-refractivity contribution in [3.8, 4) is 40.1 Å². The van der Waals surface area contributed by atoms with Gasteiger partial charge in [0.25, 0.3) is 5.91 Å². The van der Waals surface area contributed by atoms with Crippen molar-refractivity contribution in [3.63, 3.8) is 0 Å². The van der Waals surface area contributed by atoms with Gasteiger partial charge in [0.1, 0.15) is 23.0 Å². The van der Waals surface area contributed by atoms with Crippen molar-refractivity contribution >= 4 is 23.9 Å². The first-order chi connectivity index (χ1) is 18.6. The van der Waals surface area contributed by atoms with Gasteiger partial charge in [-0.25, -0.2) is 5.43 Å². The molecule has 1 amide bonds. The second-order valence-corrected chi connectivity index (χ2v) is 8.68. The number of methoxy groups -OCH3 is 4.